The third-order valence-corrected chi connectivity index (χ3v) is 4.42. The van der Waals surface area contributed by atoms with Crippen molar-refractivity contribution in [2.45, 2.75) is 42.9 Å². The molecule has 0 atom stereocenters. The summed E-state index contributed by atoms with van der Waals surface area (Å²) in [6.07, 6.45) is 1.10. The van der Waals surface area contributed by atoms with Gasteiger partial charge in [-0.2, -0.15) is 0 Å². The highest BCUT2D eigenvalue weighted by atomic mass is 35.5. The van der Waals surface area contributed by atoms with Gasteiger partial charge in [0.1, 0.15) is 0 Å². The molecule has 2 rings (SSSR count). The minimum Gasteiger partial charge on any atom is -0.0901 e. The maximum Gasteiger partial charge on any atom is 0.0406 e. The van der Waals surface area contributed by atoms with E-state index in [1.54, 1.807) is 11.8 Å². The number of aryl methyl sites for hydroxylation is 1. The molecule has 0 unspecified atom stereocenters. The molecule has 0 saturated carbocycles. The fourth-order valence-electron chi connectivity index (χ4n) is 2.13. The van der Waals surface area contributed by atoms with E-state index >= 15 is 0 Å². The van der Waals surface area contributed by atoms with E-state index in [0.717, 1.165) is 11.4 Å². The van der Waals surface area contributed by atoms with Crippen molar-refractivity contribution in [3.63, 3.8) is 0 Å². The second-order valence-electron chi connectivity index (χ2n) is 4.92. The Morgan fingerprint density at radius 2 is 1.63 bits per heavy atom. The van der Waals surface area contributed by atoms with Crippen molar-refractivity contribution in [3.8, 4) is 0 Å². The van der Waals surface area contributed by atoms with Gasteiger partial charge in [0.05, 0.1) is 0 Å². The van der Waals surface area contributed by atoms with Crippen LogP contribution in [0.15, 0.2) is 52.3 Å². The van der Waals surface area contributed by atoms with Gasteiger partial charge < -0.3 is 0 Å². The molecule has 0 aliphatic carbocycles. The minimum absolute atomic E-state index is 0.570. The Bertz CT molecular complexity index is 544. The van der Waals surface area contributed by atoms with E-state index < -0.39 is 0 Å². The summed E-state index contributed by atoms with van der Waals surface area (Å²) in [5.74, 6) is 0.570. The molecule has 0 N–H and O–H groups in total. The second-order valence-corrected chi connectivity index (χ2v) is 6.51. The van der Waals surface area contributed by atoms with Gasteiger partial charge in [0.15, 0.2) is 0 Å². The van der Waals surface area contributed by atoms with Gasteiger partial charge in [-0.1, -0.05) is 50.2 Å². The first kappa shape index (κ1) is 14.5. The highest BCUT2D eigenvalue weighted by Crippen LogP contribution is 2.32. The third kappa shape index (κ3) is 3.77. The molecule has 0 heterocycles. The molecule has 0 nitrogen and oxygen atoms in total. The Morgan fingerprint density at radius 1 is 1.00 bits per heavy atom. The molecule has 2 heteroatoms. The zero-order chi connectivity index (χ0) is 13.8. The van der Waals surface area contributed by atoms with Crippen molar-refractivity contribution >= 4 is 23.4 Å². The van der Waals surface area contributed by atoms with Crippen LogP contribution >= 0.6 is 23.4 Å². The Morgan fingerprint density at radius 3 is 2.21 bits per heavy atom. The summed E-state index contributed by atoms with van der Waals surface area (Å²) in [5.41, 5.74) is 2.91. The van der Waals surface area contributed by atoms with Crippen LogP contribution in [0.3, 0.4) is 0 Å². The molecule has 0 radical (unpaired) electrons. The van der Waals surface area contributed by atoms with Crippen LogP contribution in [0, 0.1) is 0 Å². The number of hydrogen-bond donors (Lipinski definition) is 0. The average molecular weight is 291 g/mol. The summed E-state index contributed by atoms with van der Waals surface area (Å²) in [6, 6.07) is 14.8. The molecule has 0 fully saturated rings. The topological polar surface area (TPSA) is 0 Å². The summed E-state index contributed by atoms with van der Waals surface area (Å²) in [7, 11) is 0. The van der Waals surface area contributed by atoms with Crippen molar-refractivity contribution in [1.29, 1.82) is 0 Å². The fourth-order valence-corrected chi connectivity index (χ4v) is 3.13. The molecule has 2 aromatic carbocycles. The molecule has 2 aromatic rings. The normalized spacial score (nSPS) is 11.0. The van der Waals surface area contributed by atoms with E-state index in [2.05, 4.69) is 51.1 Å². The molecule has 0 aromatic heterocycles. The van der Waals surface area contributed by atoms with Gasteiger partial charge in [0.2, 0.25) is 0 Å². The summed E-state index contributed by atoms with van der Waals surface area (Å²) < 4.78 is 0. The largest absolute Gasteiger partial charge is 0.0901 e. The van der Waals surface area contributed by atoms with Gasteiger partial charge in [-0.05, 0) is 59.9 Å². The van der Waals surface area contributed by atoms with Crippen LogP contribution in [0.2, 0.25) is 5.02 Å². The summed E-state index contributed by atoms with van der Waals surface area (Å²) >= 11 is 7.70. The van der Waals surface area contributed by atoms with Crippen LogP contribution in [0.25, 0.3) is 0 Å². The van der Waals surface area contributed by atoms with Gasteiger partial charge in [0, 0.05) is 14.8 Å². The lowest BCUT2D eigenvalue weighted by molar-refractivity contribution is 0.839. The Hall–Kier alpha value is -0.920. The third-order valence-electron chi connectivity index (χ3n) is 3.17. The van der Waals surface area contributed by atoms with Gasteiger partial charge in [0.25, 0.3) is 0 Å². The molecule has 0 spiro atoms. The smallest absolute Gasteiger partial charge is 0.0406 e. The van der Waals surface area contributed by atoms with Crippen LogP contribution in [-0.2, 0) is 6.42 Å². The van der Waals surface area contributed by atoms with Crippen molar-refractivity contribution in [1.82, 2.24) is 0 Å². The first-order valence-corrected chi connectivity index (χ1v) is 7.86. The van der Waals surface area contributed by atoms with Crippen LogP contribution in [0.4, 0.5) is 0 Å². The van der Waals surface area contributed by atoms with Crippen molar-refractivity contribution in [2.24, 2.45) is 0 Å². The van der Waals surface area contributed by atoms with E-state index in [-0.39, 0.29) is 0 Å². The van der Waals surface area contributed by atoms with E-state index in [0.29, 0.717) is 5.92 Å². The standard InChI is InChI=1S/C17H19ClS/c1-4-13-5-8-16(11-17(13)12(2)3)19-15-9-6-14(18)7-10-15/h5-12H,4H2,1-3H3. The second kappa shape index (κ2) is 6.49. The summed E-state index contributed by atoms with van der Waals surface area (Å²) in [5, 5.41) is 0.786. The predicted octanol–water partition coefficient (Wildman–Crippen LogP) is 6.18. The lowest BCUT2D eigenvalue weighted by Crippen LogP contribution is -1.95. The average Bonchev–Trinajstić information content (AvgIpc) is 2.41. The van der Waals surface area contributed by atoms with Crippen molar-refractivity contribution in [3.05, 3.63) is 58.6 Å². The van der Waals surface area contributed by atoms with E-state index in [1.165, 1.54) is 20.9 Å². The van der Waals surface area contributed by atoms with Crippen LogP contribution in [-0.4, -0.2) is 0 Å². The summed E-state index contributed by atoms with van der Waals surface area (Å²) in [4.78, 5) is 2.52. The Balaban J connectivity index is 2.25. The van der Waals surface area contributed by atoms with Crippen LogP contribution in [0.5, 0.6) is 0 Å². The molecule has 0 aliphatic rings. The van der Waals surface area contributed by atoms with Crippen molar-refractivity contribution in [2.75, 3.05) is 0 Å². The zero-order valence-electron chi connectivity index (χ0n) is 11.6. The van der Waals surface area contributed by atoms with E-state index in [1.807, 2.05) is 12.1 Å². The van der Waals surface area contributed by atoms with E-state index in [9.17, 15) is 0 Å². The van der Waals surface area contributed by atoms with Crippen molar-refractivity contribution < 1.29 is 0 Å². The minimum atomic E-state index is 0.570. The highest BCUT2D eigenvalue weighted by molar-refractivity contribution is 7.99. The first-order valence-electron chi connectivity index (χ1n) is 6.66. The monoisotopic (exact) mass is 290 g/mol. The molecule has 19 heavy (non-hydrogen) atoms. The quantitative estimate of drug-likeness (QED) is 0.648. The van der Waals surface area contributed by atoms with Gasteiger partial charge in [-0.15, -0.1) is 0 Å². The van der Waals surface area contributed by atoms with Crippen LogP contribution < -0.4 is 0 Å². The number of benzene rings is 2. The molecule has 0 amide bonds. The first-order chi connectivity index (χ1) is 9.10. The predicted molar refractivity (Wildman–Crippen MR) is 85.5 cm³/mol. The SMILES string of the molecule is CCc1ccc(Sc2ccc(Cl)cc2)cc1C(C)C. The van der Waals surface area contributed by atoms with Gasteiger partial charge in [-0.25, -0.2) is 0 Å². The highest BCUT2D eigenvalue weighted by Gasteiger charge is 2.07. The molecule has 0 bridgehead atoms. The lowest BCUT2D eigenvalue weighted by Gasteiger charge is -2.13. The Labute approximate surface area is 125 Å². The maximum atomic E-state index is 5.91. The summed E-state index contributed by atoms with van der Waals surface area (Å²) in [6.45, 7) is 6.73. The maximum absolute atomic E-state index is 5.91. The lowest BCUT2D eigenvalue weighted by atomic mass is 9.96. The van der Waals surface area contributed by atoms with Gasteiger partial charge in [-0.3, -0.25) is 0 Å². The molecule has 0 saturated heterocycles. The van der Waals surface area contributed by atoms with E-state index in [4.69, 9.17) is 11.6 Å². The Kier molecular flexibility index (Phi) is 4.95. The molecule has 100 valence electrons. The molecule has 0 aliphatic heterocycles. The molecular formula is C17H19ClS. The number of halogens is 1. The number of hydrogen-bond acceptors (Lipinski definition) is 1. The zero-order valence-corrected chi connectivity index (χ0v) is 13.2. The molecular weight excluding hydrogens is 272 g/mol. The van der Waals surface area contributed by atoms with Crippen LogP contribution in [0.1, 0.15) is 37.8 Å². The number of rotatable bonds is 4. The fraction of sp³-hybridized carbons (Fsp3) is 0.294. The van der Waals surface area contributed by atoms with Gasteiger partial charge >= 0.3 is 0 Å².